The number of rotatable bonds is 7. The number of ketones is 1. The van der Waals surface area contributed by atoms with Crippen LogP contribution in [0.15, 0.2) is 53.4 Å². The first-order valence-corrected chi connectivity index (χ1v) is 12.0. The van der Waals surface area contributed by atoms with Gasteiger partial charge in [0.2, 0.25) is 0 Å². The molecule has 0 fully saturated rings. The number of hydrogen-bond acceptors (Lipinski definition) is 4. The standard InChI is InChI=1S/C24H28N2O3S/c1-6-18-7-12-21(13-24(18)30(5,28)29)19-8-10-20(11-9-19)23-14-22(17(4)27)25-26(23)15-16(2)3/h7-14,16H,6,15H2,1-5H3. The van der Waals surface area contributed by atoms with Crippen LogP contribution in [0.25, 0.3) is 22.4 Å². The minimum Gasteiger partial charge on any atom is -0.293 e. The number of aromatic nitrogens is 2. The van der Waals surface area contributed by atoms with Crippen molar-refractivity contribution in [3.8, 4) is 22.4 Å². The van der Waals surface area contributed by atoms with Gasteiger partial charge in [-0.2, -0.15) is 5.10 Å². The van der Waals surface area contributed by atoms with Crippen molar-refractivity contribution >= 4 is 15.6 Å². The Morgan fingerprint density at radius 2 is 1.60 bits per heavy atom. The van der Waals surface area contributed by atoms with Crippen LogP contribution in [0, 0.1) is 5.92 Å². The molecular formula is C24H28N2O3S. The van der Waals surface area contributed by atoms with Crippen LogP contribution in [-0.4, -0.2) is 30.2 Å². The van der Waals surface area contributed by atoms with Crippen molar-refractivity contribution in [1.29, 1.82) is 0 Å². The predicted molar refractivity (Wildman–Crippen MR) is 120 cm³/mol. The number of hydrogen-bond donors (Lipinski definition) is 0. The summed E-state index contributed by atoms with van der Waals surface area (Å²) in [5.74, 6) is 0.342. The van der Waals surface area contributed by atoms with E-state index in [0.29, 0.717) is 22.9 Å². The van der Waals surface area contributed by atoms with Crippen molar-refractivity contribution in [1.82, 2.24) is 9.78 Å². The lowest BCUT2D eigenvalue weighted by atomic mass is 10.0. The highest BCUT2D eigenvalue weighted by molar-refractivity contribution is 7.90. The van der Waals surface area contributed by atoms with Gasteiger partial charge in [-0.25, -0.2) is 8.42 Å². The third kappa shape index (κ3) is 4.70. The zero-order chi connectivity index (χ0) is 22.1. The molecule has 5 nitrogen and oxygen atoms in total. The first kappa shape index (κ1) is 22.0. The van der Waals surface area contributed by atoms with Crippen molar-refractivity contribution < 1.29 is 13.2 Å². The second-order valence-corrected chi connectivity index (χ2v) is 10.1. The Bertz CT molecular complexity index is 1170. The number of nitrogens with zero attached hydrogens (tertiary/aromatic N) is 2. The highest BCUT2D eigenvalue weighted by Gasteiger charge is 2.16. The van der Waals surface area contributed by atoms with E-state index in [1.807, 2.05) is 54.1 Å². The van der Waals surface area contributed by atoms with Gasteiger partial charge in [0.25, 0.3) is 0 Å². The lowest BCUT2D eigenvalue weighted by Crippen LogP contribution is -2.08. The average molecular weight is 425 g/mol. The van der Waals surface area contributed by atoms with Gasteiger partial charge in [-0.1, -0.05) is 57.2 Å². The van der Waals surface area contributed by atoms with E-state index in [4.69, 9.17) is 0 Å². The van der Waals surface area contributed by atoms with Crippen molar-refractivity contribution in [2.75, 3.05) is 6.26 Å². The molecule has 0 aliphatic rings. The minimum absolute atomic E-state index is 0.0558. The zero-order valence-corrected chi connectivity index (χ0v) is 19.0. The van der Waals surface area contributed by atoms with Crippen LogP contribution >= 0.6 is 0 Å². The third-order valence-corrected chi connectivity index (χ3v) is 6.22. The van der Waals surface area contributed by atoms with E-state index in [0.717, 1.165) is 34.5 Å². The summed E-state index contributed by atoms with van der Waals surface area (Å²) in [5, 5.41) is 4.46. The van der Waals surface area contributed by atoms with Gasteiger partial charge in [0.1, 0.15) is 5.69 Å². The minimum atomic E-state index is -3.29. The average Bonchev–Trinajstić information content (AvgIpc) is 3.10. The van der Waals surface area contributed by atoms with Crippen molar-refractivity contribution in [3.63, 3.8) is 0 Å². The van der Waals surface area contributed by atoms with Crippen molar-refractivity contribution in [2.45, 2.75) is 45.6 Å². The molecule has 158 valence electrons. The van der Waals surface area contributed by atoms with Gasteiger partial charge < -0.3 is 0 Å². The molecule has 0 saturated carbocycles. The highest BCUT2D eigenvalue weighted by atomic mass is 32.2. The Morgan fingerprint density at radius 1 is 1.00 bits per heavy atom. The molecule has 0 aliphatic heterocycles. The Labute approximate surface area is 178 Å². The normalized spacial score (nSPS) is 11.8. The molecule has 0 aliphatic carbocycles. The van der Waals surface area contributed by atoms with Gasteiger partial charge in [-0.15, -0.1) is 0 Å². The van der Waals surface area contributed by atoms with Crippen LogP contribution in [0.3, 0.4) is 0 Å². The lowest BCUT2D eigenvalue weighted by Gasteiger charge is -2.12. The Hall–Kier alpha value is -2.73. The molecule has 0 N–H and O–H groups in total. The van der Waals surface area contributed by atoms with Gasteiger partial charge >= 0.3 is 0 Å². The zero-order valence-electron chi connectivity index (χ0n) is 18.1. The number of sulfone groups is 1. The first-order valence-electron chi connectivity index (χ1n) is 10.1. The van der Waals surface area contributed by atoms with E-state index in [9.17, 15) is 13.2 Å². The van der Waals surface area contributed by atoms with Crippen LogP contribution in [0.2, 0.25) is 0 Å². The Balaban J connectivity index is 2.01. The summed E-state index contributed by atoms with van der Waals surface area (Å²) in [7, 11) is -3.29. The summed E-state index contributed by atoms with van der Waals surface area (Å²) in [6.07, 6.45) is 1.91. The number of Topliss-reactive ketones (excluding diaryl/α,β-unsaturated/α-hetero) is 1. The topological polar surface area (TPSA) is 69.0 Å². The van der Waals surface area contributed by atoms with E-state index in [2.05, 4.69) is 18.9 Å². The molecule has 0 saturated heterocycles. The number of carbonyl (C=O) groups is 1. The molecule has 1 heterocycles. The second-order valence-electron chi connectivity index (χ2n) is 8.07. The van der Waals surface area contributed by atoms with Crippen LogP contribution in [0.1, 0.15) is 43.7 Å². The molecule has 2 aromatic carbocycles. The summed E-state index contributed by atoms with van der Waals surface area (Å²) >= 11 is 0. The summed E-state index contributed by atoms with van der Waals surface area (Å²) in [4.78, 5) is 12.2. The Morgan fingerprint density at radius 3 is 2.13 bits per heavy atom. The summed E-state index contributed by atoms with van der Waals surface area (Å²) in [6, 6.07) is 15.3. The fourth-order valence-corrected chi connectivity index (χ4v) is 4.54. The Kier molecular flexibility index (Phi) is 6.27. The van der Waals surface area contributed by atoms with E-state index in [1.165, 1.54) is 13.2 Å². The molecule has 6 heteroatoms. The molecule has 3 aromatic rings. The van der Waals surface area contributed by atoms with Crippen LogP contribution < -0.4 is 0 Å². The first-order chi connectivity index (χ1) is 14.1. The smallest absolute Gasteiger partial charge is 0.180 e. The van der Waals surface area contributed by atoms with Crippen molar-refractivity contribution in [2.24, 2.45) is 5.92 Å². The van der Waals surface area contributed by atoms with Crippen LogP contribution in [0.5, 0.6) is 0 Å². The van der Waals surface area contributed by atoms with E-state index >= 15 is 0 Å². The maximum Gasteiger partial charge on any atom is 0.180 e. The molecular weight excluding hydrogens is 396 g/mol. The van der Waals surface area contributed by atoms with E-state index in [1.54, 1.807) is 6.07 Å². The fourth-order valence-electron chi connectivity index (χ4n) is 3.51. The van der Waals surface area contributed by atoms with Gasteiger partial charge in [0.05, 0.1) is 10.6 Å². The molecule has 1 aromatic heterocycles. The van der Waals surface area contributed by atoms with Gasteiger partial charge in [-0.05, 0) is 46.7 Å². The van der Waals surface area contributed by atoms with Gasteiger partial charge in [0, 0.05) is 19.7 Å². The number of aryl methyl sites for hydroxylation is 1. The maximum atomic E-state index is 12.2. The lowest BCUT2D eigenvalue weighted by molar-refractivity contribution is 0.101. The number of benzene rings is 2. The molecule has 0 spiro atoms. The van der Waals surface area contributed by atoms with Crippen LogP contribution in [-0.2, 0) is 22.8 Å². The summed E-state index contributed by atoms with van der Waals surface area (Å²) < 4.78 is 26.2. The second kappa shape index (κ2) is 8.56. The quantitative estimate of drug-likeness (QED) is 0.498. The van der Waals surface area contributed by atoms with Crippen molar-refractivity contribution in [3.05, 3.63) is 59.8 Å². The van der Waals surface area contributed by atoms with Gasteiger partial charge in [0.15, 0.2) is 15.6 Å². The van der Waals surface area contributed by atoms with Crippen LogP contribution in [0.4, 0.5) is 0 Å². The molecule has 3 rings (SSSR count). The third-order valence-electron chi connectivity index (χ3n) is 5.04. The molecule has 0 atom stereocenters. The molecule has 0 unspecified atom stereocenters. The van der Waals surface area contributed by atoms with E-state index < -0.39 is 9.84 Å². The SMILES string of the molecule is CCc1ccc(-c2ccc(-c3cc(C(C)=O)nn3CC(C)C)cc2)cc1S(C)(=O)=O. The van der Waals surface area contributed by atoms with E-state index in [-0.39, 0.29) is 5.78 Å². The monoisotopic (exact) mass is 424 g/mol. The summed E-state index contributed by atoms with van der Waals surface area (Å²) in [5.41, 5.74) is 4.95. The predicted octanol–water partition coefficient (Wildman–Crippen LogP) is 5.04. The highest BCUT2D eigenvalue weighted by Crippen LogP contribution is 2.29. The molecule has 0 amide bonds. The number of carbonyl (C=O) groups excluding carboxylic acids is 1. The molecule has 0 radical (unpaired) electrons. The maximum absolute atomic E-state index is 12.2. The van der Waals surface area contributed by atoms with Gasteiger partial charge in [-0.3, -0.25) is 9.48 Å². The summed E-state index contributed by atoms with van der Waals surface area (Å²) in [6.45, 7) is 8.42. The largest absolute Gasteiger partial charge is 0.293 e. The molecule has 30 heavy (non-hydrogen) atoms. The fraction of sp³-hybridized carbons (Fsp3) is 0.333. The molecule has 0 bridgehead atoms.